The molecule has 2 unspecified atom stereocenters. The second-order valence-corrected chi connectivity index (χ2v) is 15.8. The number of morpholine rings is 2. The molecule has 0 bridgehead atoms. The lowest BCUT2D eigenvalue weighted by Gasteiger charge is -2.26. The number of azo groups is 2. The first-order valence-electron chi connectivity index (χ1n) is 22.0. The van der Waals surface area contributed by atoms with Crippen LogP contribution in [0.3, 0.4) is 0 Å². The second-order valence-electron chi connectivity index (χ2n) is 15.8. The van der Waals surface area contributed by atoms with Gasteiger partial charge in [-0.1, -0.05) is 24.3 Å². The molecule has 6 rings (SSSR count). The summed E-state index contributed by atoms with van der Waals surface area (Å²) in [5.41, 5.74) is 4.20. The smallest absolute Gasteiger partial charge is 0.258 e. The number of carbonyl (C=O) groups excluding carboxylic acids is 6. The molecular formula is C48H56N10O8. The molecule has 0 spiro atoms. The van der Waals surface area contributed by atoms with Gasteiger partial charge in [0.15, 0.2) is 11.6 Å². The molecule has 4 aromatic carbocycles. The Morgan fingerprint density at radius 2 is 0.864 bits per heavy atom. The predicted molar refractivity (Wildman–Crippen MR) is 248 cm³/mol. The second kappa shape index (κ2) is 25.0. The fourth-order valence-corrected chi connectivity index (χ4v) is 7.02. The number of anilines is 2. The van der Waals surface area contributed by atoms with Crippen molar-refractivity contribution in [2.75, 3.05) is 89.4 Å². The van der Waals surface area contributed by atoms with Crippen LogP contribution in [0.15, 0.2) is 118 Å². The number of carbonyl (C=O) groups is 6. The van der Waals surface area contributed by atoms with Crippen LogP contribution in [0.25, 0.3) is 11.1 Å². The lowest BCUT2D eigenvalue weighted by Crippen LogP contribution is -2.38. The maximum atomic E-state index is 13.0. The number of amides is 4. The maximum absolute atomic E-state index is 13.0. The van der Waals surface area contributed by atoms with E-state index in [1.807, 2.05) is 0 Å². The van der Waals surface area contributed by atoms with Gasteiger partial charge in [-0.25, -0.2) is 0 Å². The number of Topliss-reactive ketones (excluding diaryl/α,β-unsaturated/α-hetero) is 2. The van der Waals surface area contributed by atoms with Crippen LogP contribution in [0.4, 0.5) is 22.7 Å². The van der Waals surface area contributed by atoms with E-state index in [0.29, 0.717) is 47.0 Å². The summed E-state index contributed by atoms with van der Waals surface area (Å²) in [5.74, 6) is -2.73. The standard InChI is InChI=1S/C48H56N10O8/c1-33(59)43(47(63)51-39-13-9-37(10-14-39)45(61)49-21-3-23-57-25-29-65-30-26-57)55-53-41-17-5-35(6-18-41)36-7-19-42(20-8-36)54-56-44(34(2)60)48(64)52-40-15-11-38(12-16-40)46(62)50-22-4-24-58-27-31-66-32-28-58/h5-20,43-44H,3-4,21-32H2,1-2H3,(H,49,61)(H,50,62)(H,51,63)(H,52,64). The lowest BCUT2D eigenvalue weighted by molar-refractivity contribution is -0.127. The van der Waals surface area contributed by atoms with Gasteiger partial charge in [-0.2, -0.15) is 20.5 Å². The van der Waals surface area contributed by atoms with Crippen molar-refractivity contribution in [3.63, 3.8) is 0 Å². The summed E-state index contributed by atoms with van der Waals surface area (Å²) >= 11 is 0. The van der Waals surface area contributed by atoms with Crippen molar-refractivity contribution in [2.24, 2.45) is 20.5 Å². The Bertz CT molecular complexity index is 2160. The van der Waals surface area contributed by atoms with Gasteiger partial charge in [0.2, 0.25) is 12.1 Å². The normalized spacial score (nSPS) is 15.5. The van der Waals surface area contributed by atoms with Gasteiger partial charge >= 0.3 is 0 Å². The summed E-state index contributed by atoms with van der Waals surface area (Å²) in [6.45, 7) is 11.9. The van der Waals surface area contributed by atoms with Crippen molar-refractivity contribution in [2.45, 2.75) is 38.8 Å². The zero-order valence-corrected chi connectivity index (χ0v) is 37.2. The first kappa shape index (κ1) is 48.6. The van der Waals surface area contributed by atoms with Gasteiger partial charge in [-0.3, -0.25) is 38.6 Å². The van der Waals surface area contributed by atoms with Crippen LogP contribution in [0, 0.1) is 0 Å². The molecule has 66 heavy (non-hydrogen) atoms. The van der Waals surface area contributed by atoms with Crippen LogP contribution < -0.4 is 21.3 Å². The van der Waals surface area contributed by atoms with Crippen LogP contribution >= 0.6 is 0 Å². The first-order chi connectivity index (χ1) is 32.0. The van der Waals surface area contributed by atoms with Gasteiger partial charge in [0.25, 0.3) is 23.6 Å². The summed E-state index contributed by atoms with van der Waals surface area (Å²) < 4.78 is 10.7. The van der Waals surface area contributed by atoms with Gasteiger partial charge in [0.05, 0.1) is 37.8 Å². The van der Waals surface area contributed by atoms with Gasteiger partial charge in [0, 0.05) is 61.8 Å². The number of benzene rings is 4. The number of hydrogen-bond donors (Lipinski definition) is 4. The Labute approximate surface area is 383 Å². The molecule has 0 radical (unpaired) electrons. The van der Waals surface area contributed by atoms with Crippen LogP contribution in [0.2, 0.25) is 0 Å². The zero-order chi connectivity index (χ0) is 46.7. The van der Waals surface area contributed by atoms with Crippen LogP contribution in [0.5, 0.6) is 0 Å². The van der Waals surface area contributed by atoms with Crippen LogP contribution in [-0.4, -0.2) is 136 Å². The number of nitrogens with zero attached hydrogens (tertiary/aromatic N) is 6. The minimum atomic E-state index is -1.39. The Morgan fingerprint density at radius 1 is 0.515 bits per heavy atom. The van der Waals surface area contributed by atoms with E-state index in [4.69, 9.17) is 9.47 Å². The average molecular weight is 901 g/mol. The summed E-state index contributed by atoms with van der Waals surface area (Å²) in [4.78, 5) is 80.7. The van der Waals surface area contributed by atoms with E-state index in [0.717, 1.165) is 89.7 Å². The van der Waals surface area contributed by atoms with Crippen molar-refractivity contribution in [1.82, 2.24) is 20.4 Å². The molecule has 2 aliphatic heterocycles. The number of hydrogen-bond acceptors (Lipinski definition) is 14. The van der Waals surface area contributed by atoms with Gasteiger partial charge in [0.1, 0.15) is 0 Å². The van der Waals surface area contributed by atoms with E-state index in [-0.39, 0.29) is 11.8 Å². The first-order valence-corrected chi connectivity index (χ1v) is 22.0. The molecule has 18 nitrogen and oxygen atoms in total. The van der Waals surface area contributed by atoms with Crippen LogP contribution in [-0.2, 0) is 28.7 Å². The molecule has 2 fully saturated rings. The molecule has 2 aliphatic rings. The molecule has 18 heteroatoms. The highest BCUT2D eigenvalue weighted by molar-refractivity contribution is 6.11. The van der Waals surface area contributed by atoms with E-state index in [1.54, 1.807) is 97.1 Å². The number of nitrogens with one attached hydrogen (secondary N) is 4. The fourth-order valence-electron chi connectivity index (χ4n) is 7.02. The molecule has 2 saturated heterocycles. The topological polar surface area (TPSA) is 225 Å². The maximum Gasteiger partial charge on any atom is 0.258 e. The number of ether oxygens (including phenoxy) is 2. The monoisotopic (exact) mass is 900 g/mol. The van der Waals surface area contributed by atoms with E-state index in [2.05, 4.69) is 51.5 Å². The van der Waals surface area contributed by atoms with Gasteiger partial charge < -0.3 is 30.7 Å². The summed E-state index contributed by atoms with van der Waals surface area (Å²) in [6, 6.07) is 24.0. The molecule has 0 aliphatic carbocycles. The minimum Gasteiger partial charge on any atom is -0.379 e. The van der Waals surface area contributed by atoms with Crippen LogP contribution in [0.1, 0.15) is 47.4 Å². The minimum absolute atomic E-state index is 0.215. The third-order valence-corrected chi connectivity index (χ3v) is 10.8. The summed E-state index contributed by atoms with van der Waals surface area (Å²) in [7, 11) is 0. The van der Waals surface area contributed by atoms with E-state index in [1.165, 1.54) is 13.8 Å². The lowest BCUT2D eigenvalue weighted by atomic mass is 10.1. The Morgan fingerprint density at radius 3 is 1.20 bits per heavy atom. The summed E-state index contributed by atoms with van der Waals surface area (Å²) in [6.07, 6.45) is 1.65. The van der Waals surface area contributed by atoms with E-state index < -0.39 is 35.5 Å². The molecule has 0 saturated carbocycles. The van der Waals surface area contributed by atoms with E-state index in [9.17, 15) is 28.8 Å². The molecular weight excluding hydrogens is 845 g/mol. The highest BCUT2D eigenvalue weighted by Gasteiger charge is 2.25. The third kappa shape index (κ3) is 15.1. The molecule has 4 N–H and O–H groups in total. The largest absolute Gasteiger partial charge is 0.379 e. The van der Waals surface area contributed by atoms with Crippen molar-refractivity contribution in [3.8, 4) is 11.1 Å². The quantitative estimate of drug-likeness (QED) is 0.0459. The highest BCUT2D eigenvalue weighted by Crippen LogP contribution is 2.26. The zero-order valence-electron chi connectivity index (χ0n) is 37.2. The molecule has 2 atom stereocenters. The molecule has 2 heterocycles. The molecule has 4 amide bonds. The number of rotatable bonds is 21. The van der Waals surface area contributed by atoms with Crippen molar-refractivity contribution in [3.05, 3.63) is 108 Å². The third-order valence-electron chi connectivity index (χ3n) is 10.8. The van der Waals surface area contributed by atoms with Gasteiger partial charge in [-0.05, 0) is 124 Å². The predicted octanol–water partition coefficient (Wildman–Crippen LogP) is 5.62. The van der Waals surface area contributed by atoms with Crippen molar-refractivity contribution >= 4 is 57.9 Å². The molecule has 4 aromatic rings. The Kier molecular flexibility index (Phi) is 18.4. The Hall–Kier alpha value is -6.86. The average Bonchev–Trinajstić information content (AvgIpc) is 3.33. The number of ketones is 2. The van der Waals surface area contributed by atoms with Gasteiger partial charge in [-0.15, -0.1) is 0 Å². The summed E-state index contributed by atoms with van der Waals surface area (Å²) in [5, 5.41) is 27.6. The molecule has 0 aromatic heterocycles. The van der Waals surface area contributed by atoms with Crippen molar-refractivity contribution in [1.29, 1.82) is 0 Å². The highest BCUT2D eigenvalue weighted by atomic mass is 16.5. The fraction of sp³-hybridized carbons (Fsp3) is 0.375. The molecule has 346 valence electrons. The van der Waals surface area contributed by atoms with E-state index >= 15 is 0 Å². The SMILES string of the molecule is CC(=O)C(N=Nc1ccc(-c2ccc(N=NC(C(C)=O)C(=O)Nc3ccc(C(=O)NCCCN4CCOCC4)cc3)cc2)cc1)C(=O)Nc1ccc(C(=O)NCCCN2CCOCC2)cc1. The Balaban J connectivity index is 0.945. The van der Waals surface area contributed by atoms with Crippen molar-refractivity contribution < 1.29 is 38.2 Å².